The van der Waals surface area contributed by atoms with Crippen molar-refractivity contribution < 1.29 is 9.15 Å². The number of aryl methyl sites for hydroxylation is 1. The van der Waals surface area contributed by atoms with Gasteiger partial charge in [0.25, 0.3) is 0 Å². The topological polar surface area (TPSA) is 28.9 Å². The Balaban J connectivity index is 1.65. The fourth-order valence-electron chi connectivity index (χ4n) is 3.35. The zero-order chi connectivity index (χ0) is 13.4. The molecule has 2 aliphatic rings. The molecule has 0 N–H and O–H groups in total. The number of hydrogen-bond acceptors (Lipinski definition) is 4. The largest absolute Gasteiger partial charge is 0.465 e. The summed E-state index contributed by atoms with van der Waals surface area (Å²) in [4.78, 5) is 5.04. The van der Waals surface area contributed by atoms with Gasteiger partial charge in [0.1, 0.15) is 11.5 Å². The van der Waals surface area contributed by atoms with Crippen molar-refractivity contribution in [3.63, 3.8) is 0 Å². The van der Waals surface area contributed by atoms with Gasteiger partial charge in [0.05, 0.1) is 25.3 Å². The van der Waals surface area contributed by atoms with E-state index in [0.717, 1.165) is 44.3 Å². The molecule has 0 saturated carbocycles. The van der Waals surface area contributed by atoms with Gasteiger partial charge in [-0.15, -0.1) is 0 Å². The first-order valence-electron chi connectivity index (χ1n) is 7.28. The molecule has 3 rings (SSSR count). The minimum atomic E-state index is 0.368. The Labute approximate surface area is 115 Å². The van der Waals surface area contributed by atoms with Crippen LogP contribution in [-0.4, -0.2) is 54.2 Å². The minimum Gasteiger partial charge on any atom is -0.465 e. The minimum absolute atomic E-state index is 0.368. The van der Waals surface area contributed by atoms with Crippen molar-refractivity contribution in [3.05, 3.63) is 23.7 Å². The molecule has 4 heteroatoms. The van der Waals surface area contributed by atoms with E-state index in [4.69, 9.17) is 9.15 Å². The third-order valence-electron chi connectivity index (χ3n) is 4.26. The highest BCUT2D eigenvalue weighted by Crippen LogP contribution is 2.26. The average molecular weight is 264 g/mol. The molecule has 0 aliphatic carbocycles. The van der Waals surface area contributed by atoms with Crippen molar-refractivity contribution in [2.75, 3.05) is 26.2 Å². The van der Waals surface area contributed by atoms with Crippen LogP contribution in [0.15, 0.2) is 16.5 Å². The van der Waals surface area contributed by atoms with Gasteiger partial charge in [0.15, 0.2) is 0 Å². The predicted molar refractivity (Wildman–Crippen MR) is 74.1 cm³/mol. The lowest BCUT2D eigenvalue weighted by Crippen LogP contribution is -2.53. The zero-order valence-electron chi connectivity index (χ0n) is 12.1. The first kappa shape index (κ1) is 13.2. The quantitative estimate of drug-likeness (QED) is 0.833. The van der Waals surface area contributed by atoms with Crippen molar-refractivity contribution in [3.8, 4) is 0 Å². The number of ether oxygens (including phenoxy) is 1. The molecule has 0 aromatic carbocycles. The summed E-state index contributed by atoms with van der Waals surface area (Å²) in [6, 6.07) is 5.26. The van der Waals surface area contributed by atoms with Crippen molar-refractivity contribution in [2.24, 2.45) is 0 Å². The Morgan fingerprint density at radius 2 is 2.16 bits per heavy atom. The molecule has 106 valence electrons. The highest BCUT2D eigenvalue weighted by molar-refractivity contribution is 5.06. The zero-order valence-corrected chi connectivity index (χ0v) is 12.1. The van der Waals surface area contributed by atoms with Crippen LogP contribution in [0.2, 0.25) is 0 Å². The lowest BCUT2D eigenvalue weighted by atomic mass is 10.1. The van der Waals surface area contributed by atoms with E-state index in [0.29, 0.717) is 18.2 Å². The van der Waals surface area contributed by atoms with Crippen LogP contribution in [0.3, 0.4) is 0 Å². The fourth-order valence-corrected chi connectivity index (χ4v) is 3.35. The summed E-state index contributed by atoms with van der Waals surface area (Å²) < 4.78 is 11.6. The van der Waals surface area contributed by atoms with Gasteiger partial charge in [-0.3, -0.25) is 9.80 Å². The number of nitrogens with zero attached hydrogens (tertiary/aromatic N) is 2. The van der Waals surface area contributed by atoms with Crippen molar-refractivity contribution in [1.29, 1.82) is 0 Å². The summed E-state index contributed by atoms with van der Waals surface area (Å²) >= 11 is 0. The molecule has 0 spiro atoms. The number of furan rings is 1. The number of rotatable bonds is 3. The summed E-state index contributed by atoms with van der Waals surface area (Å²) in [6.07, 6.45) is 0.368. The van der Waals surface area contributed by atoms with E-state index in [2.05, 4.69) is 29.7 Å². The van der Waals surface area contributed by atoms with E-state index in [1.54, 1.807) is 0 Å². The van der Waals surface area contributed by atoms with Gasteiger partial charge < -0.3 is 9.15 Å². The van der Waals surface area contributed by atoms with Gasteiger partial charge in [-0.1, -0.05) is 0 Å². The maximum atomic E-state index is 5.94. The monoisotopic (exact) mass is 264 g/mol. The van der Waals surface area contributed by atoms with Crippen LogP contribution in [0.25, 0.3) is 0 Å². The molecular formula is C15H24N2O2. The standard InChI is InChI=1S/C15H24N2O2/c1-11(2)17-6-7-18-15-10-16(9-14(15)17)8-13-5-4-12(3)19-13/h4-5,11,14-15H,6-10H2,1-3H3/t14-,15+/m1/s1. The molecule has 0 bridgehead atoms. The Bertz CT molecular complexity index is 430. The smallest absolute Gasteiger partial charge is 0.118 e. The third kappa shape index (κ3) is 2.71. The Morgan fingerprint density at radius 3 is 2.84 bits per heavy atom. The van der Waals surface area contributed by atoms with Crippen molar-refractivity contribution in [2.45, 2.75) is 45.5 Å². The molecule has 0 unspecified atom stereocenters. The first-order valence-corrected chi connectivity index (χ1v) is 7.28. The van der Waals surface area contributed by atoms with Gasteiger partial charge >= 0.3 is 0 Å². The molecular weight excluding hydrogens is 240 g/mol. The molecule has 2 aliphatic heterocycles. The van der Waals surface area contributed by atoms with Crippen molar-refractivity contribution >= 4 is 0 Å². The number of hydrogen-bond donors (Lipinski definition) is 0. The molecule has 19 heavy (non-hydrogen) atoms. The molecule has 2 atom stereocenters. The summed E-state index contributed by atoms with van der Waals surface area (Å²) in [5, 5.41) is 0. The van der Waals surface area contributed by atoms with Gasteiger partial charge in [-0.05, 0) is 32.9 Å². The van der Waals surface area contributed by atoms with E-state index in [9.17, 15) is 0 Å². The second-order valence-corrected chi connectivity index (χ2v) is 6.01. The number of morpholine rings is 1. The Kier molecular flexibility index (Phi) is 3.65. The lowest BCUT2D eigenvalue weighted by Gasteiger charge is -2.39. The van der Waals surface area contributed by atoms with E-state index in [-0.39, 0.29) is 0 Å². The molecule has 1 aromatic rings. The molecule has 0 radical (unpaired) electrons. The SMILES string of the molecule is Cc1ccc(CN2C[C@@H]3OCCN(C(C)C)[C@@H]3C2)o1. The van der Waals surface area contributed by atoms with Gasteiger partial charge in [0, 0.05) is 25.7 Å². The van der Waals surface area contributed by atoms with Crippen LogP contribution in [0, 0.1) is 6.92 Å². The summed E-state index contributed by atoms with van der Waals surface area (Å²) in [6.45, 7) is 11.5. The van der Waals surface area contributed by atoms with Crippen LogP contribution in [0.1, 0.15) is 25.4 Å². The second kappa shape index (κ2) is 5.27. The van der Waals surface area contributed by atoms with Crippen LogP contribution < -0.4 is 0 Å². The summed E-state index contributed by atoms with van der Waals surface area (Å²) in [5.74, 6) is 2.05. The van der Waals surface area contributed by atoms with Crippen LogP contribution in [0.4, 0.5) is 0 Å². The van der Waals surface area contributed by atoms with Gasteiger partial charge in [-0.25, -0.2) is 0 Å². The summed E-state index contributed by atoms with van der Waals surface area (Å²) in [7, 11) is 0. The fraction of sp³-hybridized carbons (Fsp3) is 0.733. The highest BCUT2D eigenvalue weighted by Gasteiger charge is 2.40. The van der Waals surface area contributed by atoms with Crippen molar-refractivity contribution in [1.82, 2.24) is 9.80 Å². The Hall–Kier alpha value is -0.840. The molecule has 3 heterocycles. The van der Waals surface area contributed by atoms with Crippen LogP contribution in [-0.2, 0) is 11.3 Å². The molecule has 4 nitrogen and oxygen atoms in total. The van der Waals surface area contributed by atoms with Crippen LogP contribution >= 0.6 is 0 Å². The van der Waals surface area contributed by atoms with Gasteiger partial charge in [0.2, 0.25) is 0 Å². The maximum Gasteiger partial charge on any atom is 0.118 e. The number of fused-ring (bicyclic) bond motifs is 1. The lowest BCUT2D eigenvalue weighted by molar-refractivity contribution is -0.0583. The predicted octanol–water partition coefficient (Wildman–Crippen LogP) is 1.88. The first-order chi connectivity index (χ1) is 9.13. The molecule has 2 fully saturated rings. The highest BCUT2D eigenvalue weighted by atomic mass is 16.5. The van der Waals surface area contributed by atoms with E-state index >= 15 is 0 Å². The molecule has 2 saturated heterocycles. The average Bonchev–Trinajstić information content (AvgIpc) is 2.94. The van der Waals surface area contributed by atoms with E-state index < -0.39 is 0 Å². The normalized spacial score (nSPS) is 29.1. The van der Waals surface area contributed by atoms with E-state index in [1.807, 2.05) is 13.0 Å². The molecule has 0 amide bonds. The van der Waals surface area contributed by atoms with Gasteiger partial charge in [-0.2, -0.15) is 0 Å². The summed E-state index contributed by atoms with van der Waals surface area (Å²) in [5.41, 5.74) is 0. The second-order valence-electron chi connectivity index (χ2n) is 6.01. The van der Waals surface area contributed by atoms with Crippen LogP contribution in [0.5, 0.6) is 0 Å². The maximum absolute atomic E-state index is 5.94. The van der Waals surface area contributed by atoms with E-state index in [1.165, 1.54) is 0 Å². The molecule has 1 aromatic heterocycles. The number of likely N-dealkylation sites (tertiary alicyclic amines) is 1. The Morgan fingerprint density at radius 1 is 1.32 bits per heavy atom. The third-order valence-corrected chi connectivity index (χ3v) is 4.26.